The van der Waals surface area contributed by atoms with Crippen LogP contribution in [-0.2, 0) is 9.59 Å². The Balaban J connectivity index is 1.80. The van der Waals surface area contributed by atoms with E-state index in [4.69, 9.17) is 0 Å². The highest BCUT2D eigenvalue weighted by Gasteiger charge is 2.27. The van der Waals surface area contributed by atoms with E-state index in [-0.39, 0.29) is 18.4 Å². The summed E-state index contributed by atoms with van der Waals surface area (Å²) in [6.07, 6.45) is 1.97. The van der Waals surface area contributed by atoms with E-state index in [0.717, 1.165) is 33.0 Å². The fourth-order valence-electron chi connectivity index (χ4n) is 3.57. The van der Waals surface area contributed by atoms with Gasteiger partial charge < -0.3 is 10.6 Å². The SMILES string of the molecule is CSc1ccccc1NC(=O)CN(C)C(C(=O)Nc1cc(C)ccc1C)c1ccccc1. The number of aryl methyl sites for hydroxylation is 2. The summed E-state index contributed by atoms with van der Waals surface area (Å²) in [6, 6.07) is 22.6. The molecule has 3 rings (SSSR count). The fourth-order valence-corrected chi connectivity index (χ4v) is 4.12. The number of carbonyl (C=O) groups is 2. The number of rotatable bonds is 8. The Morgan fingerprint density at radius 3 is 2.31 bits per heavy atom. The van der Waals surface area contributed by atoms with Gasteiger partial charge in [0.1, 0.15) is 6.04 Å². The van der Waals surface area contributed by atoms with Crippen molar-refractivity contribution in [1.82, 2.24) is 4.90 Å². The van der Waals surface area contributed by atoms with Crippen LogP contribution >= 0.6 is 11.8 Å². The Kier molecular flexibility index (Phi) is 8.09. The maximum atomic E-state index is 13.4. The molecule has 32 heavy (non-hydrogen) atoms. The zero-order chi connectivity index (χ0) is 23.1. The molecule has 0 bridgehead atoms. The third-order valence-corrected chi connectivity index (χ3v) is 6.03. The van der Waals surface area contributed by atoms with Gasteiger partial charge in [0, 0.05) is 10.6 Å². The molecule has 3 aromatic carbocycles. The summed E-state index contributed by atoms with van der Waals surface area (Å²) in [5.74, 6) is -0.348. The minimum absolute atomic E-state index is 0.0719. The molecule has 0 aliphatic carbocycles. The zero-order valence-corrected chi connectivity index (χ0v) is 19.7. The molecule has 6 heteroatoms. The Morgan fingerprint density at radius 1 is 0.906 bits per heavy atom. The molecule has 2 amide bonds. The monoisotopic (exact) mass is 447 g/mol. The molecular weight excluding hydrogens is 418 g/mol. The minimum Gasteiger partial charge on any atom is -0.324 e. The van der Waals surface area contributed by atoms with Crippen molar-refractivity contribution in [2.45, 2.75) is 24.8 Å². The number of amides is 2. The summed E-state index contributed by atoms with van der Waals surface area (Å²) >= 11 is 1.58. The molecule has 5 nitrogen and oxygen atoms in total. The highest BCUT2D eigenvalue weighted by Crippen LogP contribution is 2.26. The minimum atomic E-state index is -0.613. The molecule has 2 N–H and O–H groups in total. The predicted molar refractivity (Wildman–Crippen MR) is 133 cm³/mol. The van der Waals surface area contributed by atoms with Gasteiger partial charge in [0.2, 0.25) is 11.8 Å². The van der Waals surface area contributed by atoms with Gasteiger partial charge in [0.15, 0.2) is 0 Å². The van der Waals surface area contributed by atoms with Gasteiger partial charge in [-0.25, -0.2) is 0 Å². The molecule has 0 saturated carbocycles. The number of hydrogen-bond acceptors (Lipinski definition) is 4. The molecule has 166 valence electrons. The lowest BCUT2D eigenvalue weighted by atomic mass is 10.0. The topological polar surface area (TPSA) is 61.4 Å². The van der Waals surface area contributed by atoms with Crippen molar-refractivity contribution in [1.29, 1.82) is 0 Å². The first-order valence-electron chi connectivity index (χ1n) is 10.4. The number of thioether (sulfide) groups is 1. The second kappa shape index (κ2) is 11.0. The largest absolute Gasteiger partial charge is 0.324 e. The average molecular weight is 448 g/mol. The number of nitrogens with one attached hydrogen (secondary N) is 2. The van der Waals surface area contributed by atoms with Crippen LogP contribution in [0.25, 0.3) is 0 Å². The van der Waals surface area contributed by atoms with Crippen molar-refractivity contribution in [2.24, 2.45) is 0 Å². The number of benzene rings is 3. The van der Waals surface area contributed by atoms with E-state index in [0.29, 0.717) is 0 Å². The first-order valence-corrected chi connectivity index (χ1v) is 11.7. The van der Waals surface area contributed by atoms with Gasteiger partial charge in [-0.1, -0.05) is 54.6 Å². The average Bonchev–Trinajstić information content (AvgIpc) is 2.77. The van der Waals surface area contributed by atoms with Gasteiger partial charge >= 0.3 is 0 Å². The summed E-state index contributed by atoms with van der Waals surface area (Å²) < 4.78 is 0. The number of nitrogens with zero attached hydrogens (tertiary/aromatic N) is 1. The van der Waals surface area contributed by atoms with Crippen molar-refractivity contribution in [3.05, 3.63) is 89.5 Å². The van der Waals surface area contributed by atoms with Gasteiger partial charge in [-0.05, 0) is 62.0 Å². The smallest absolute Gasteiger partial charge is 0.246 e. The maximum Gasteiger partial charge on any atom is 0.246 e. The van der Waals surface area contributed by atoms with Crippen LogP contribution in [0.2, 0.25) is 0 Å². The molecule has 0 spiro atoms. The number of para-hydroxylation sites is 1. The van der Waals surface area contributed by atoms with Crippen molar-refractivity contribution in [3.63, 3.8) is 0 Å². The molecule has 0 saturated heterocycles. The van der Waals surface area contributed by atoms with E-state index >= 15 is 0 Å². The highest BCUT2D eigenvalue weighted by atomic mass is 32.2. The van der Waals surface area contributed by atoms with Crippen molar-refractivity contribution in [2.75, 3.05) is 30.5 Å². The van der Waals surface area contributed by atoms with Crippen LogP contribution in [0.15, 0.2) is 77.7 Å². The van der Waals surface area contributed by atoms with Crippen molar-refractivity contribution < 1.29 is 9.59 Å². The van der Waals surface area contributed by atoms with Crippen molar-refractivity contribution >= 4 is 35.0 Å². The van der Waals surface area contributed by atoms with Crippen LogP contribution in [0.5, 0.6) is 0 Å². The Morgan fingerprint density at radius 2 is 1.59 bits per heavy atom. The molecule has 3 aromatic rings. The molecule has 0 heterocycles. The lowest BCUT2D eigenvalue weighted by Crippen LogP contribution is -2.39. The van der Waals surface area contributed by atoms with E-state index in [1.54, 1.807) is 23.7 Å². The number of likely N-dealkylation sites (N-methyl/N-ethyl adjacent to an activating group) is 1. The molecule has 0 aliphatic heterocycles. The second-order valence-corrected chi connectivity index (χ2v) is 8.63. The fraction of sp³-hybridized carbons (Fsp3) is 0.231. The van der Waals surface area contributed by atoms with Crippen molar-refractivity contribution in [3.8, 4) is 0 Å². The first kappa shape index (κ1) is 23.6. The van der Waals surface area contributed by atoms with E-state index in [2.05, 4.69) is 10.6 Å². The molecule has 1 atom stereocenters. The van der Waals surface area contributed by atoms with Gasteiger partial charge in [-0.3, -0.25) is 14.5 Å². The summed E-state index contributed by atoms with van der Waals surface area (Å²) in [6.45, 7) is 4.03. The number of hydrogen-bond donors (Lipinski definition) is 2. The van der Waals surface area contributed by atoms with Gasteiger partial charge in [0.25, 0.3) is 0 Å². The normalized spacial score (nSPS) is 11.8. The van der Waals surface area contributed by atoms with Crippen LogP contribution < -0.4 is 10.6 Å². The first-order chi connectivity index (χ1) is 15.4. The quantitative estimate of drug-likeness (QED) is 0.462. The Labute approximate surface area is 194 Å². The van der Waals surface area contributed by atoms with Crippen LogP contribution in [-0.4, -0.2) is 36.6 Å². The molecule has 0 aliphatic rings. The van der Waals surface area contributed by atoms with E-state index in [1.807, 2.05) is 92.9 Å². The van der Waals surface area contributed by atoms with Crippen LogP contribution in [0.3, 0.4) is 0 Å². The van der Waals surface area contributed by atoms with Crippen LogP contribution in [0.1, 0.15) is 22.7 Å². The molecule has 0 radical (unpaired) electrons. The lowest BCUT2D eigenvalue weighted by molar-refractivity contribution is -0.123. The van der Waals surface area contributed by atoms with E-state index < -0.39 is 6.04 Å². The van der Waals surface area contributed by atoms with Crippen LogP contribution in [0.4, 0.5) is 11.4 Å². The Bertz CT molecular complexity index is 1090. The standard InChI is InChI=1S/C26H29N3O2S/c1-18-14-15-19(2)22(16-18)28-26(31)25(20-10-6-5-7-11-20)29(3)17-24(30)27-21-12-8-9-13-23(21)32-4/h5-16,25H,17H2,1-4H3,(H,27,30)(H,28,31). The second-order valence-electron chi connectivity index (χ2n) is 7.78. The van der Waals surface area contributed by atoms with Gasteiger partial charge in [-0.15, -0.1) is 11.8 Å². The lowest BCUT2D eigenvalue weighted by Gasteiger charge is -2.27. The molecule has 1 unspecified atom stereocenters. The van der Waals surface area contributed by atoms with E-state index in [9.17, 15) is 9.59 Å². The maximum absolute atomic E-state index is 13.4. The summed E-state index contributed by atoms with van der Waals surface area (Å²) in [5.41, 5.74) is 4.44. The highest BCUT2D eigenvalue weighted by molar-refractivity contribution is 7.98. The summed E-state index contributed by atoms with van der Waals surface area (Å²) in [4.78, 5) is 28.9. The third kappa shape index (κ3) is 5.99. The predicted octanol–water partition coefficient (Wildman–Crippen LogP) is 5.28. The zero-order valence-electron chi connectivity index (χ0n) is 18.9. The van der Waals surface area contributed by atoms with Gasteiger partial charge in [-0.2, -0.15) is 0 Å². The molecule has 0 fully saturated rings. The van der Waals surface area contributed by atoms with E-state index in [1.165, 1.54) is 0 Å². The molecule has 0 aromatic heterocycles. The number of carbonyl (C=O) groups excluding carboxylic acids is 2. The van der Waals surface area contributed by atoms with Crippen LogP contribution in [0, 0.1) is 13.8 Å². The third-order valence-electron chi connectivity index (χ3n) is 5.23. The Hall–Kier alpha value is -3.09. The summed E-state index contributed by atoms with van der Waals surface area (Å²) in [5, 5.41) is 6.03. The molecular formula is C26H29N3O2S. The summed E-state index contributed by atoms with van der Waals surface area (Å²) in [7, 11) is 1.79. The number of anilines is 2. The van der Waals surface area contributed by atoms with Gasteiger partial charge in [0.05, 0.1) is 12.2 Å².